The number of benzene rings is 1. The summed E-state index contributed by atoms with van der Waals surface area (Å²) < 4.78 is 18.6. The minimum atomic E-state index is -0.0975. The molecule has 0 amide bonds. The normalized spacial score (nSPS) is 16.7. The van der Waals surface area contributed by atoms with Crippen LogP contribution in [0.5, 0.6) is 5.75 Å². The fraction of sp³-hybridized carbons (Fsp3) is 0.565. The van der Waals surface area contributed by atoms with Gasteiger partial charge in [0.2, 0.25) is 0 Å². The van der Waals surface area contributed by atoms with Crippen LogP contribution in [0, 0.1) is 5.41 Å². The molecule has 8 nitrogen and oxygen atoms in total. The molecule has 0 radical (unpaired) electrons. The van der Waals surface area contributed by atoms with E-state index in [2.05, 4.69) is 10.00 Å². The van der Waals surface area contributed by atoms with Crippen molar-refractivity contribution in [3.8, 4) is 5.75 Å². The highest BCUT2D eigenvalue weighted by molar-refractivity contribution is 6.13. The molecule has 1 saturated heterocycles. The number of hydrogen-bond acceptors (Lipinski definition) is 7. The van der Waals surface area contributed by atoms with Gasteiger partial charge >= 0.3 is 0 Å². The summed E-state index contributed by atoms with van der Waals surface area (Å²) >= 11 is 0. The number of aromatic nitrogens is 2. The molecule has 8 heteroatoms. The van der Waals surface area contributed by atoms with Crippen molar-refractivity contribution in [1.82, 2.24) is 9.78 Å². The van der Waals surface area contributed by atoms with Crippen molar-refractivity contribution in [3.05, 3.63) is 35.5 Å². The second-order valence-corrected chi connectivity index (χ2v) is 8.03. The molecule has 3 rings (SSSR count). The van der Waals surface area contributed by atoms with Crippen LogP contribution >= 0.6 is 0 Å². The summed E-state index contributed by atoms with van der Waals surface area (Å²) in [7, 11) is 3.56. The highest BCUT2D eigenvalue weighted by Crippen LogP contribution is 2.25. The molecule has 1 fully saturated rings. The van der Waals surface area contributed by atoms with Crippen LogP contribution in [0.1, 0.15) is 43.9 Å². The molecule has 3 N–H and O–H groups in total. The van der Waals surface area contributed by atoms with E-state index in [4.69, 9.17) is 25.4 Å². The van der Waals surface area contributed by atoms with Gasteiger partial charge in [0.15, 0.2) is 0 Å². The number of ether oxygens (including phenoxy) is 3. The molecule has 0 bridgehead atoms. The zero-order chi connectivity index (χ0) is 22.2. The van der Waals surface area contributed by atoms with E-state index in [-0.39, 0.29) is 11.8 Å². The van der Waals surface area contributed by atoms with Crippen molar-refractivity contribution < 1.29 is 14.2 Å². The second-order valence-electron chi connectivity index (χ2n) is 8.03. The molecule has 31 heavy (non-hydrogen) atoms. The average molecular weight is 430 g/mol. The molecule has 0 unspecified atom stereocenters. The Hall–Kier alpha value is -2.58. The smallest absolute Gasteiger partial charge is 0.127 e. The van der Waals surface area contributed by atoms with Crippen LogP contribution in [-0.4, -0.2) is 61.6 Å². The zero-order valence-corrected chi connectivity index (χ0v) is 18.9. The number of nitrogens with two attached hydrogens (primary N) is 1. The highest BCUT2D eigenvalue weighted by Gasteiger charge is 2.19. The highest BCUT2D eigenvalue weighted by atomic mass is 16.5. The zero-order valence-electron chi connectivity index (χ0n) is 18.9. The van der Waals surface area contributed by atoms with Gasteiger partial charge in [0.05, 0.1) is 18.9 Å². The van der Waals surface area contributed by atoms with Gasteiger partial charge in [0.25, 0.3) is 0 Å². The van der Waals surface area contributed by atoms with Crippen LogP contribution in [0.25, 0.3) is 0 Å². The maximum Gasteiger partial charge on any atom is 0.127 e. The van der Waals surface area contributed by atoms with Crippen molar-refractivity contribution in [2.24, 2.45) is 7.05 Å². The molecule has 1 aromatic heterocycles. The fourth-order valence-corrected chi connectivity index (χ4v) is 3.82. The molecule has 170 valence electrons. The number of nitrogen functional groups attached to an aromatic ring is 1. The van der Waals surface area contributed by atoms with E-state index in [1.807, 2.05) is 30.8 Å². The Labute approximate surface area is 184 Å². The number of rotatable bonds is 7. The summed E-state index contributed by atoms with van der Waals surface area (Å²) in [6, 6.07) is 7.35. The van der Waals surface area contributed by atoms with Crippen molar-refractivity contribution >= 4 is 17.2 Å². The molecule has 1 aliphatic heterocycles. The van der Waals surface area contributed by atoms with E-state index in [9.17, 15) is 0 Å². The Kier molecular flexibility index (Phi) is 8.31. The Morgan fingerprint density at radius 1 is 1.19 bits per heavy atom. The molecule has 0 spiro atoms. The molecule has 1 aromatic carbocycles. The summed E-state index contributed by atoms with van der Waals surface area (Å²) in [6.07, 6.45) is 4.59. The quantitative estimate of drug-likeness (QED) is 0.518. The van der Waals surface area contributed by atoms with E-state index < -0.39 is 0 Å². The van der Waals surface area contributed by atoms with E-state index in [0.717, 1.165) is 38.4 Å². The SMILES string of the molecule is COC[C@H](C)Oc1ccc(N)c(C(=N)c2cc(N3CCCCCCOCC3)n(C)n2)c1. The molecule has 1 atom stereocenters. The molecule has 2 aromatic rings. The molecular formula is C23H35N5O3. The third-order valence-corrected chi connectivity index (χ3v) is 5.44. The second kappa shape index (κ2) is 11.2. The van der Waals surface area contributed by atoms with Gasteiger partial charge in [-0.2, -0.15) is 5.10 Å². The first kappa shape index (κ1) is 23.1. The lowest BCUT2D eigenvalue weighted by Crippen LogP contribution is -2.31. The summed E-state index contributed by atoms with van der Waals surface area (Å²) in [5.41, 5.74) is 8.19. The van der Waals surface area contributed by atoms with Crippen LogP contribution in [0.3, 0.4) is 0 Å². The van der Waals surface area contributed by atoms with Crippen LogP contribution in [0.2, 0.25) is 0 Å². The molecule has 0 saturated carbocycles. The summed E-state index contributed by atoms with van der Waals surface area (Å²) in [5.74, 6) is 1.64. The van der Waals surface area contributed by atoms with Gasteiger partial charge in [-0.05, 0) is 38.0 Å². The largest absolute Gasteiger partial charge is 0.488 e. The third kappa shape index (κ3) is 6.21. The van der Waals surface area contributed by atoms with E-state index >= 15 is 0 Å². The van der Waals surface area contributed by atoms with Crippen LogP contribution in [-0.2, 0) is 16.5 Å². The Balaban J connectivity index is 1.79. The van der Waals surface area contributed by atoms with E-state index in [1.54, 1.807) is 19.2 Å². The lowest BCUT2D eigenvalue weighted by Gasteiger charge is -2.25. The lowest BCUT2D eigenvalue weighted by atomic mass is 10.0. The summed E-state index contributed by atoms with van der Waals surface area (Å²) in [4.78, 5) is 2.30. The first-order valence-electron chi connectivity index (χ1n) is 11.0. The number of aryl methyl sites for hydroxylation is 1. The molecule has 0 aliphatic carbocycles. The summed E-state index contributed by atoms with van der Waals surface area (Å²) in [6.45, 7) is 5.72. The Morgan fingerprint density at radius 3 is 2.81 bits per heavy atom. The van der Waals surface area contributed by atoms with E-state index in [0.29, 0.717) is 35.9 Å². The molecular weight excluding hydrogens is 394 g/mol. The monoisotopic (exact) mass is 429 g/mol. The number of methoxy groups -OCH3 is 1. The number of nitrogens with zero attached hydrogens (tertiary/aromatic N) is 3. The topological polar surface area (TPSA) is 98.6 Å². The first-order chi connectivity index (χ1) is 15.0. The van der Waals surface area contributed by atoms with Gasteiger partial charge in [0, 0.05) is 51.2 Å². The van der Waals surface area contributed by atoms with Gasteiger partial charge in [0.1, 0.15) is 23.4 Å². The van der Waals surface area contributed by atoms with Crippen molar-refractivity contribution in [2.75, 3.05) is 50.7 Å². The summed E-state index contributed by atoms with van der Waals surface area (Å²) in [5, 5.41) is 13.4. The average Bonchev–Trinajstić information content (AvgIpc) is 3.14. The minimum Gasteiger partial charge on any atom is -0.488 e. The minimum absolute atomic E-state index is 0.0975. The van der Waals surface area contributed by atoms with Gasteiger partial charge < -0.3 is 24.8 Å². The maximum atomic E-state index is 8.76. The van der Waals surface area contributed by atoms with Crippen LogP contribution < -0.4 is 15.4 Å². The number of hydrogen-bond donors (Lipinski definition) is 2. The predicted molar refractivity (Wildman–Crippen MR) is 123 cm³/mol. The van der Waals surface area contributed by atoms with Crippen molar-refractivity contribution in [2.45, 2.75) is 38.7 Å². The molecule has 1 aliphatic rings. The maximum absolute atomic E-state index is 8.76. The van der Waals surface area contributed by atoms with Crippen molar-refractivity contribution in [3.63, 3.8) is 0 Å². The van der Waals surface area contributed by atoms with E-state index in [1.165, 1.54) is 12.8 Å². The molecule has 2 heterocycles. The van der Waals surface area contributed by atoms with Gasteiger partial charge in [-0.1, -0.05) is 12.8 Å². The fourth-order valence-electron chi connectivity index (χ4n) is 3.82. The van der Waals surface area contributed by atoms with Gasteiger partial charge in [-0.25, -0.2) is 0 Å². The van der Waals surface area contributed by atoms with Crippen molar-refractivity contribution in [1.29, 1.82) is 5.41 Å². The standard InChI is InChI=1S/C23H35N5O3/c1-17(16-29-3)31-18-8-9-20(24)19(14-18)23(25)21-15-22(27(2)26-21)28-10-6-4-5-7-12-30-13-11-28/h8-9,14-15,17,25H,4-7,10-13,16,24H2,1-3H3/t17-/m0/s1. The van der Waals surface area contributed by atoms with Crippen LogP contribution in [0.15, 0.2) is 24.3 Å². The third-order valence-electron chi connectivity index (χ3n) is 5.44. The number of nitrogens with one attached hydrogen (secondary N) is 1. The Bertz CT molecular complexity index is 857. The lowest BCUT2D eigenvalue weighted by molar-refractivity contribution is 0.0921. The van der Waals surface area contributed by atoms with Gasteiger partial charge in [-0.15, -0.1) is 0 Å². The first-order valence-corrected chi connectivity index (χ1v) is 11.0. The Morgan fingerprint density at radius 2 is 2.00 bits per heavy atom. The van der Waals surface area contributed by atoms with Crippen LogP contribution in [0.4, 0.5) is 11.5 Å². The van der Waals surface area contributed by atoms with Gasteiger partial charge in [-0.3, -0.25) is 10.1 Å². The predicted octanol–water partition coefficient (Wildman–Crippen LogP) is 3.23. The number of anilines is 2.